The standard InChI is InChI=1S/C27H30N2O5/c1-16-13-29(15-27(16,2)25(31)32)24(30)22-11-17(22)12-28-26(33)34-14-23-20-9-5-3-7-18(20)19-8-4-6-10-21(19)23/h3-10,16-17,22-23H,11-15H2,1-2H3,(H,28,33)(H,31,32)/t16?,17-,22-,27?/m1/s1. The third-order valence-corrected chi connectivity index (χ3v) is 7.99. The van der Waals surface area contributed by atoms with E-state index in [0.29, 0.717) is 19.5 Å². The van der Waals surface area contributed by atoms with E-state index in [-0.39, 0.29) is 42.7 Å². The number of likely N-dealkylation sites (tertiary alicyclic amines) is 1. The van der Waals surface area contributed by atoms with Gasteiger partial charge in [-0.15, -0.1) is 0 Å². The molecular weight excluding hydrogens is 432 g/mol. The summed E-state index contributed by atoms with van der Waals surface area (Å²) in [7, 11) is 0. The summed E-state index contributed by atoms with van der Waals surface area (Å²) in [4.78, 5) is 38.5. The normalized spacial score (nSPS) is 27.1. The highest BCUT2D eigenvalue weighted by atomic mass is 16.5. The molecule has 7 heteroatoms. The first-order chi connectivity index (χ1) is 16.3. The van der Waals surface area contributed by atoms with Crippen molar-refractivity contribution in [3.8, 4) is 11.1 Å². The number of rotatable bonds is 6. The van der Waals surface area contributed by atoms with Gasteiger partial charge >= 0.3 is 12.1 Å². The molecule has 178 valence electrons. The van der Waals surface area contributed by atoms with Crippen LogP contribution in [0.4, 0.5) is 4.79 Å². The lowest BCUT2D eigenvalue weighted by Crippen LogP contribution is -2.37. The number of fused-ring (bicyclic) bond motifs is 3. The van der Waals surface area contributed by atoms with Gasteiger partial charge in [0.25, 0.3) is 0 Å². The first-order valence-electron chi connectivity index (χ1n) is 11.9. The average Bonchev–Trinajstić information content (AvgIpc) is 3.45. The van der Waals surface area contributed by atoms with Crippen LogP contribution in [-0.2, 0) is 14.3 Å². The Bertz CT molecular complexity index is 1100. The number of nitrogens with zero attached hydrogens (tertiary/aromatic N) is 1. The molecule has 2 unspecified atom stereocenters. The van der Waals surface area contributed by atoms with Crippen molar-refractivity contribution >= 4 is 18.0 Å². The number of carboxylic acids is 1. The third kappa shape index (κ3) is 3.83. The Morgan fingerprint density at radius 2 is 1.71 bits per heavy atom. The Kier molecular flexibility index (Phi) is 5.58. The van der Waals surface area contributed by atoms with Crippen LogP contribution in [-0.4, -0.2) is 54.2 Å². The van der Waals surface area contributed by atoms with Crippen molar-refractivity contribution in [2.24, 2.45) is 23.2 Å². The molecule has 2 aromatic rings. The Hall–Kier alpha value is -3.35. The molecule has 34 heavy (non-hydrogen) atoms. The van der Waals surface area contributed by atoms with Gasteiger partial charge in [0.05, 0.1) is 5.41 Å². The number of amides is 2. The van der Waals surface area contributed by atoms with Crippen molar-refractivity contribution in [2.75, 3.05) is 26.2 Å². The highest BCUT2D eigenvalue weighted by Gasteiger charge is 2.52. The van der Waals surface area contributed by atoms with E-state index in [1.54, 1.807) is 11.8 Å². The number of aliphatic carboxylic acids is 1. The van der Waals surface area contributed by atoms with Crippen molar-refractivity contribution in [3.63, 3.8) is 0 Å². The maximum absolute atomic E-state index is 12.8. The summed E-state index contributed by atoms with van der Waals surface area (Å²) in [5.41, 5.74) is 3.79. The summed E-state index contributed by atoms with van der Waals surface area (Å²) in [6.45, 7) is 4.93. The second kappa shape index (κ2) is 8.46. The molecular formula is C27H30N2O5. The highest BCUT2D eigenvalue weighted by molar-refractivity contribution is 5.84. The Morgan fingerprint density at radius 1 is 1.09 bits per heavy atom. The zero-order valence-electron chi connectivity index (χ0n) is 19.5. The van der Waals surface area contributed by atoms with Crippen molar-refractivity contribution in [3.05, 3.63) is 59.7 Å². The summed E-state index contributed by atoms with van der Waals surface area (Å²) in [6.07, 6.45) is 0.227. The second-order valence-corrected chi connectivity index (χ2v) is 10.2. The lowest BCUT2D eigenvalue weighted by Gasteiger charge is -2.22. The van der Waals surface area contributed by atoms with E-state index < -0.39 is 17.5 Å². The minimum Gasteiger partial charge on any atom is -0.481 e. The molecule has 2 N–H and O–H groups in total. The van der Waals surface area contributed by atoms with E-state index in [9.17, 15) is 19.5 Å². The van der Waals surface area contributed by atoms with Gasteiger partial charge in [-0.3, -0.25) is 9.59 Å². The van der Waals surface area contributed by atoms with Crippen LogP contribution in [0.1, 0.15) is 37.3 Å². The van der Waals surface area contributed by atoms with Gasteiger partial charge in [0.15, 0.2) is 0 Å². The van der Waals surface area contributed by atoms with Crippen LogP contribution < -0.4 is 5.32 Å². The van der Waals surface area contributed by atoms with Crippen LogP contribution in [0.5, 0.6) is 0 Å². The number of nitrogens with one attached hydrogen (secondary N) is 1. The number of carbonyl (C=O) groups excluding carboxylic acids is 2. The minimum atomic E-state index is -0.903. The van der Waals surface area contributed by atoms with Gasteiger partial charge in [0.1, 0.15) is 6.61 Å². The second-order valence-electron chi connectivity index (χ2n) is 10.2. The number of ether oxygens (including phenoxy) is 1. The molecule has 0 spiro atoms. The third-order valence-electron chi connectivity index (χ3n) is 7.99. The first kappa shape index (κ1) is 22.4. The van der Waals surface area contributed by atoms with E-state index in [4.69, 9.17) is 4.74 Å². The van der Waals surface area contributed by atoms with E-state index in [0.717, 1.165) is 11.1 Å². The zero-order valence-corrected chi connectivity index (χ0v) is 19.5. The van der Waals surface area contributed by atoms with Crippen LogP contribution >= 0.6 is 0 Å². The van der Waals surface area contributed by atoms with Gasteiger partial charge < -0.3 is 20.1 Å². The summed E-state index contributed by atoms with van der Waals surface area (Å²) in [5, 5.41) is 12.3. The molecule has 1 heterocycles. The fourth-order valence-electron chi connectivity index (χ4n) is 5.47. The van der Waals surface area contributed by atoms with Gasteiger partial charge in [-0.05, 0) is 47.4 Å². The topological polar surface area (TPSA) is 95.9 Å². The van der Waals surface area contributed by atoms with Gasteiger partial charge in [-0.1, -0.05) is 55.5 Å². The maximum atomic E-state index is 12.8. The molecule has 1 aliphatic heterocycles. The molecule has 1 saturated heterocycles. The molecule has 0 bridgehead atoms. The van der Waals surface area contributed by atoms with Gasteiger partial charge in [-0.25, -0.2) is 4.79 Å². The number of hydrogen-bond acceptors (Lipinski definition) is 4. The highest BCUT2D eigenvalue weighted by Crippen LogP contribution is 2.45. The molecule has 0 aromatic heterocycles. The van der Waals surface area contributed by atoms with Gasteiger partial charge in [-0.2, -0.15) is 0 Å². The molecule has 1 saturated carbocycles. The van der Waals surface area contributed by atoms with Crippen LogP contribution in [0.3, 0.4) is 0 Å². The Morgan fingerprint density at radius 3 is 2.29 bits per heavy atom. The minimum absolute atomic E-state index is 0.00355. The Labute approximate surface area is 199 Å². The van der Waals surface area contributed by atoms with Gasteiger partial charge in [0, 0.05) is 31.5 Å². The van der Waals surface area contributed by atoms with Crippen molar-refractivity contribution in [2.45, 2.75) is 26.2 Å². The fraction of sp³-hybridized carbons (Fsp3) is 0.444. The van der Waals surface area contributed by atoms with Crippen LogP contribution in [0.25, 0.3) is 11.1 Å². The SMILES string of the molecule is CC1CN(C(=O)[C@@H]2C[C@@H]2CNC(=O)OCC2c3ccccc3-c3ccccc32)CC1(C)C(=O)O. The molecule has 2 fully saturated rings. The van der Waals surface area contributed by atoms with Crippen LogP contribution in [0, 0.1) is 23.2 Å². The number of benzene rings is 2. The number of alkyl carbamates (subject to hydrolysis) is 1. The Balaban J connectivity index is 1.11. The van der Waals surface area contributed by atoms with Crippen LogP contribution in [0.15, 0.2) is 48.5 Å². The lowest BCUT2D eigenvalue weighted by molar-refractivity contribution is -0.149. The van der Waals surface area contributed by atoms with Crippen molar-refractivity contribution in [1.29, 1.82) is 0 Å². The molecule has 4 atom stereocenters. The molecule has 2 aliphatic carbocycles. The predicted octanol–water partition coefficient (Wildman–Crippen LogP) is 3.73. The maximum Gasteiger partial charge on any atom is 0.407 e. The molecule has 0 radical (unpaired) electrons. The van der Waals surface area contributed by atoms with Gasteiger partial charge in [0.2, 0.25) is 5.91 Å². The molecule has 7 nitrogen and oxygen atoms in total. The first-order valence-corrected chi connectivity index (χ1v) is 11.9. The summed E-state index contributed by atoms with van der Waals surface area (Å²) >= 11 is 0. The van der Waals surface area contributed by atoms with E-state index >= 15 is 0 Å². The summed E-state index contributed by atoms with van der Waals surface area (Å²) < 4.78 is 5.57. The number of carbonyl (C=O) groups is 3. The molecule has 5 rings (SSSR count). The fourth-order valence-corrected chi connectivity index (χ4v) is 5.47. The van der Waals surface area contributed by atoms with E-state index in [1.165, 1.54) is 11.1 Å². The average molecular weight is 463 g/mol. The van der Waals surface area contributed by atoms with Crippen molar-refractivity contribution in [1.82, 2.24) is 10.2 Å². The monoisotopic (exact) mass is 462 g/mol. The smallest absolute Gasteiger partial charge is 0.407 e. The lowest BCUT2D eigenvalue weighted by atomic mass is 9.81. The van der Waals surface area contributed by atoms with Crippen LogP contribution in [0.2, 0.25) is 0 Å². The summed E-state index contributed by atoms with van der Waals surface area (Å²) in [5.74, 6) is -1.04. The largest absolute Gasteiger partial charge is 0.481 e. The molecule has 2 aromatic carbocycles. The molecule has 2 amide bonds. The number of carboxylic acid groups (broad SMARTS) is 1. The predicted molar refractivity (Wildman–Crippen MR) is 126 cm³/mol. The summed E-state index contributed by atoms with van der Waals surface area (Å²) in [6, 6.07) is 16.4. The van der Waals surface area contributed by atoms with E-state index in [2.05, 4.69) is 29.6 Å². The molecule has 3 aliphatic rings. The van der Waals surface area contributed by atoms with Crippen molar-refractivity contribution < 1.29 is 24.2 Å². The van der Waals surface area contributed by atoms with E-state index in [1.807, 2.05) is 31.2 Å². The quantitative estimate of drug-likeness (QED) is 0.682. The number of hydrogen-bond donors (Lipinski definition) is 2. The zero-order chi connectivity index (χ0) is 24.0.